The second kappa shape index (κ2) is 13.6. The monoisotopic (exact) mass is 663 g/mol. The summed E-state index contributed by atoms with van der Waals surface area (Å²) in [4.78, 5) is 42.3. The minimum absolute atomic E-state index is 0.125. The number of nitriles is 2. The zero-order chi connectivity index (χ0) is 34.5. The Bertz CT molecular complexity index is 1960. The highest BCUT2D eigenvalue weighted by Crippen LogP contribution is 2.41. The van der Waals surface area contributed by atoms with Crippen molar-refractivity contribution in [3.8, 4) is 12.1 Å². The molecule has 0 fully saturated rings. The molecule has 3 amide bonds. The van der Waals surface area contributed by atoms with E-state index in [4.69, 9.17) is 10.00 Å². The smallest absolute Gasteiger partial charge is 0.416 e. The van der Waals surface area contributed by atoms with Crippen LogP contribution in [0.3, 0.4) is 0 Å². The van der Waals surface area contributed by atoms with Gasteiger partial charge >= 0.3 is 18.2 Å². The Balaban J connectivity index is 1.87. The molecule has 0 spiro atoms. The molecule has 4 rings (SSSR count). The number of carbonyl (C=O) groups is 3. The van der Waals surface area contributed by atoms with Gasteiger partial charge in [-0.15, -0.1) is 0 Å². The number of ether oxygens (including phenoxy) is 1. The molecule has 1 heterocycles. The number of alkyl halides is 3. The van der Waals surface area contributed by atoms with Crippen LogP contribution >= 0.6 is 0 Å². The molecule has 0 radical (unpaired) electrons. The van der Waals surface area contributed by atoms with Crippen LogP contribution in [0.2, 0.25) is 0 Å². The number of hydrogen-bond donors (Lipinski definition) is 1. The zero-order valence-corrected chi connectivity index (χ0v) is 25.3. The maximum atomic E-state index is 14.2. The van der Waals surface area contributed by atoms with E-state index in [9.17, 15) is 41.2 Å². The van der Waals surface area contributed by atoms with Crippen molar-refractivity contribution < 1.29 is 40.7 Å². The molecule has 3 aromatic rings. The Hall–Kier alpha value is -5.93. The number of benzene rings is 3. The molecule has 15 heteroatoms. The molecule has 1 N–H and O–H groups in total. The number of esters is 1. The van der Waals surface area contributed by atoms with Gasteiger partial charge in [0.15, 0.2) is 0 Å². The first-order chi connectivity index (χ1) is 22.2. The molecule has 0 saturated heterocycles. The SMILES string of the molecule is C=CCOC(=O)C1=C(C)N(c2cccc(C(F)(F)F)c2)C(=O)N(CC(=O)NS(=O)(=O)c2ccc(C#N)cc2)C1c1ccc(C#N)cc1. The van der Waals surface area contributed by atoms with Crippen molar-refractivity contribution in [2.75, 3.05) is 18.1 Å². The Morgan fingerprint density at radius 3 is 2.17 bits per heavy atom. The Morgan fingerprint density at radius 1 is 1.02 bits per heavy atom. The van der Waals surface area contributed by atoms with Gasteiger partial charge in [0.1, 0.15) is 13.2 Å². The number of amides is 3. The second-order valence-electron chi connectivity index (χ2n) is 9.98. The summed E-state index contributed by atoms with van der Waals surface area (Å²) in [6.07, 6.45) is -3.52. The molecule has 3 aromatic carbocycles. The van der Waals surface area contributed by atoms with Crippen molar-refractivity contribution in [2.24, 2.45) is 0 Å². The van der Waals surface area contributed by atoms with E-state index < -0.39 is 52.3 Å². The minimum atomic E-state index is -4.79. The lowest BCUT2D eigenvalue weighted by atomic mass is 9.92. The fourth-order valence-electron chi connectivity index (χ4n) is 4.80. The molecular formula is C32H24F3N5O6S. The second-order valence-corrected chi connectivity index (χ2v) is 11.7. The Kier molecular flexibility index (Phi) is 9.82. The molecule has 1 aliphatic rings. The molecular weight excluding hydrogens is 639 g/mol. The summed E-state index contributed by atoms with van der Waals surface area (Å²) in [5, 5.41) is 18.3. The van der Waals surface area contributed by atoms with Gasteiger partial charge in [-0.1, -0.05) is 30.9 Å². The average Bonchev–Trinajstić information content (AvgIpc) is 3.04. The van der Waals surface area contributed by atoms with E-state index in [0.29, 0.717) is 6.07 Å². The Morgan fingerprint density at radius 2 is 1.62 bits per heavy atom. The molecule has 0 aliphatic carbocycles. The van der Waals surface area contributed by atoms with E-state index in [1.54, 1.807) is 0 Å². The summed E-state index contributed by atoms with van der Waals surface area (Å²) >= 11 is 0. The summed E-state index contributed by atoms with van der Waals surface area (Å²) in [6, 6.07) is 15.2. The van der Waals surface area contributed by atoms with Crippen molar-refractivity contribution in [1.29, 1.82) is 10.5 Å². The number of nitrogens with one attached hydrogen (secondary N) is 1. The van der Waals surface area contributed by atoms with E-state index in [0.717, 1.165) is 34.1 Å². The third-order valence-corrected chi connectivity index (χ3v) is 8.33. The number of allylic oxidation sites excluding steroid dienone is 1. The van der Waals surface area contributed by atoms with Crippen molar-refractivity contribution in [2.45, 2.75) is 24.0 Å². The first kappa shape index (κ1) is 34.0. The normalized spacial score (nSPS) is 15.0. The van der Waals surface area contributed by atoms with Gasteiger partial charge in [0, 0.05) is 5.70 Å². The maximum absolute atomic E-state index is 14.2. The van der Waals surface area contributed by atoms with Crippen LogP contribution in [-0.2, 0) is 30.5 Å². The van der Waals surface area contributed by atoms with Crippen LogP contribution in [0.5, 0.6) is 0 Å². The summed E-state index contributed by atoms with van der Waals surface area (Å²) in [6.45, 7) is 3.52. The van der Waals surface area contributed by atoms with Crippen LogP contribution in [-0.4, -0.2) is 44.4 Å². The fraction of sp³-hybridized carbons (Fsp3) is 0.156. The lowest BCUT2D eigenvalue weighted by molar-refractivity contribution is -0.139. The molecule has 1 aliphatic heterocycles. The van der Waals surface area contributed by atoms with Gasteiger partial charge in [-0.25, -0.2) is 22.7 Å². The predicted molar refractivity (Wildman–Crippen MR) is 160 cm³/mol. The summed E-state index contributed by atoms with van der Waals surface area (Å²) < 4.78 is 74.0. The van der Waals surface area contributed by atoms with Crippen LogP contribution in [0.4, 0.5) is 23.7 Å². The number of carbonyl (C=O) groups excluding carboxylic acids is 3. The van der Waals surface area contributed by atoms with E-state index in [1.807, 2.05) is 16.9 Å². The molecule has 0 aromatic heterocycles. The van der Waals surface area contributed by atoms with Crippen molar-refractivity contribution in [3.63, 3.8) is 0 Å². The maximum Gasteiger partial charge on any atom is 0.416 e. The van der Waals surface area contributed by atoms with Gasteiger partial charge < -0.3 is 9.64 Å². The van der Waals surface area contributed by atoms with E-state index in [-0.39, 0.29) is 45.2 Å². The third kappa shape index (κ3) is 7.32. The van der Waals surface area contributed by atoms with Crippen LogP contribution < -0.4 is 9.62 Å². The highest BCUT2D eigenvalue weighted by molar-refractivity contribution is 7.90. The van der Waals surface area contributed by atoms with Gasteiger partial charge in [-0.3, -0.25) is 9.69 Å². The van der Waals surface area contributed by atoms with Crippen LogP contribution in [0.1, 0.15) is 35.2 Å². The first-order valence-electron chi connectivity index (χ1n) is 13.5. The van der Waals surface area contributed by atoms with Crippen LogP contribution in [0.25, 0.3) is 0 Å². The van der Waals surface area contributed by atoms with E-state index in [1.165, 1.54) is 55.5 Å². The molecule has 240 valence electrons. The van der Waals surface area contributed by atoms with Gasteiger partial charge in [-0.05, 0) is 67.1 Å². The quantitative estimate of drug-likeness (QED) is 0.249. The topological polar surface area (TPSA) is 161 Å². The number of urea groups is 1. The van der Waals surface area contributed by atoms with Gasteiger partial charge in [0.05, 0.1) is 51.0 Å². The fourth-order valence-corrected chi connectivity index (χ4v) is 5.78. The van der Waals surface area contributed by atoms with Gasteiger partial charge in [0.2, 0.25) is 0 Å². The molecule has 0 bridgehead atoms. The van der Waals surface area contributed by atoms with Crippen molar-refractivity contribution in [1.82, 2.24) is 9.62 Å². The number of anilines is 1. The standard InChI is InChI=1S/C32H24F3N5O6S/c1-3-15-46-30(42)28-20(2)40(25-6-4-5-24(16-25)32(33,34)35)31(43)39(29(28)23-11-7-21(17-36)8-12-23)19-27(41)38-47(44,45)26-13-9-22(18-37)10-14-26/h3-14,16,29H,1,15,19H2,2H3,(H,38,41). The molecule has 0 saturated carbocycles. The molecule has 47 heavy (non-hydrogen) atoms. The molecule has 1 unspecified atom stereocenters. The summed E-state index contributed by atoms with van der Waals surface area (Å²) in [5.74, 6) is -2.24. The number of rotatable bonds is 9. The first-order valence-corrected chi connectivity index (χ1v) is 15.0. The average molecular weight is 664 g/mol. The lowest BCUT2D eigenvalue weighted by Crippen LogP contribution is -2.54. The highest BCUT2D eigenvalue weighted by atomic mass is 32.2. The Labute approximate surface area is 267 Å². The number of halogens is 3. The van der Waals surface area contributed by atoms with E-state index >= 15 is 0 Å². The number of nitrogens with zero attached hydrogens (tertiary/aromatic N) is 4. The molecule has 1 atom stereocenters. The lowest BCUT2D eigenvalue weighted by Gasteiger charge is -2.42. The van der Waals surface area contributed by atoms with Crippen LogP contribution in [0, 0.1) is 22.7 Å². The zero-order valence-electron chi connectivity index (χ0n) is 24.5. The number of sulfonamides is 1. The number of hydrogen-bond acceptors (Lipinski definition) is 8. The van der Waals surface area contributed by atoms with Crippen LogP contribution in [0.15, 0.2) is 102 Å². The van der Waals surface area contributed by atoms with Gasteiger partial charge in [-0.2, -0.15) is 23.7 Å². The van der Waals surface area contributed by atoms with Gasteiger partial charge in [0.25, 0.3) is 15.9 Å². The predicted octanol–water partition coefficient (Wildman–Crippen LogP) is 4.94. The van der Waals surface area contributed by atoms with Crippen molar-refractivity contribution in [3.05, 3.63) is 119 Å². The van der Waals surface area contributed by atoms with Crippen molar-refractivity contribution >= 4 is 33.6 Å². The minimum Gasteiger partial charge on any atom is -0.458 e. The summed E-state index contributed by atoms with van der Waals surface area (Å²) in [7, 11) is -4.52. The summed E-state index contributed by atoms with van der Waals surface area (Å²) in [5.41, 5.74) is -1.20. The van der Waals surface area contributed by atoms with E-state index in [2.05, 4.69) is 6.58 Å². The molecule has 11 nitrogen and oxygen atoms in total. The highest BCUT2D eigenvalue weighted by Gasteiger charge is 2.44. The largest absolute Gasteiger partial charge is 0.458 e. The third-order valence-electron chi connectivity index (χ3n) is 6.94.